The molecule has 3 rings (SSSR count). The molecule has 0 atom stereocenters. The smallest absolute Gasteiger partial charge is 0.196 e. The molecule has 1 heterocycles. The minimum absolute atomic E-state index is 0. The van der Waals surface area contributed by atoms with Crippen molar-refractivity contribution in [2.45, 2.75) is 20.0 Å². The predicted molar refractivity (Wildman–Crippen MR) is 108 cm³/mol. The summed E-state index contributed by atoms with van der Waals surface area (Å²) >= 11 is 0. The first-order valence-corrected chi connectivity index (χ1v) is 8.21. The Hall–Kier alpha value is -2.85. The van der Waals surface area contributed by atoms with E-state index in [9.17, 15) is 0 Å². The van der Waals surface area contributed by atoms with Crippen molar-refractivity contribution < 1.29 is 4.74 Å². The Kier molecular flexibility index (Phi) is 7.18. The van der Waals surface area contributed by atoms with Gasteiger partial charge in [-0.25, -0.2) is 9.98 Å². The summed E-state index contributed by atoms with van der Waals surface area (Å²) in [5.41, 5.74) is 9.58. The van der Waals surface area contributed by atoms with E-state index < -0.39 is 0 Å². The molecule has 134 valence electrons. The molecule has 0 aliphatic rings. The van der Waals surface area contributed by atoms with Gasteiger partial charge in [0.2, 0.25) is 0 Å². The van der Waals surface area contributed by atoms with E-state index in [1.165, 1.54) is 5.56 Å². The number of aryl methyl sites for hydroxylation is 1. The van der Waals surface area contributed by atoms with Crippen LogP contribution in [0.3, 0.4) is 0 Å². The number of halogens is 1. The van der Waals surface area contributed by atoms with Gasteiger partial charge in [-0.2, -0.15) is 0 Å². The predicted octanol–water partition coefficient (Wildman–Crippen LogP) is 4.62. The molecule has 26 heavy (non-hydrogen) atoms. The number of aromatic nitrogens is 1. The molecule has 0 aliphatic carbocycles. The molecule has 0 aliphatic heterocycles. The van der Waals surface area contributed by atoms with E-state index in [0.29, 0.717) is 30.4 Å². The van der Waals surface area contributed by atoms with Gasteiger partial charge in [0.05, 0.1) is 0 Å². The van der Waals surface area contributed by atoms with Crippen molar-refractivity contribution in [1.29, 1.82) is 0 Å². The lowest BCUT2D eigenvalue weighted by Crippen LogP contribution is -2.15. The largest absolute Gasteiger partial charge is 0.485 e. The van der Waals surface area contributed by atoms with Crippen molar-refractivity contribution >= 4 is 24.1 Å². The molecule has 1 aromatic heterocycles. The van der Waals surface area contributed by atoms with Crippen LogP contribution in [0.25, 0.3) is 0 Å². The number of rotatable bonds is 6. The molecule has 2 N–H and O–H groups in total. The van der Waals surface area contributed by atoms with Crippen LogP contribution in [0, 0.1) is 6.92 Å². The van der Waals surface area contributed by atoms with Crippen LogP contribution in [-0.4, -0.2) is 10.8 Å². The molecule has 2 aromatic carbocycles. The summed E-state index contributed by atoms with van der Waals surface area (Å²) in [4.78, 5) is 8.77. The van der Waals surface area contributed by atoms with Crippen LogP contribution in [0.4, 0.5) is 5.82 Å². The standard InChI is InChI=1S/C21H21N3O.ClH/c1-16-8-5-6-11-18(16)14-20(22)24-21-19(12-7-13-23-21)25-15-17-9-3-2-4-10-17;/h2-13H,14-15H2,1H3,(H2,22,23,24);1H. The van der Waals surface area contributed by atoms with Gasteiger partial charge in [0.25, 0.3) is 0 Å². The number of aliphatic imine (C=N–C) groups is 1. The first-order valence-electron chi connectivity index (χ1n) is 8.21. The summed E-state index contributed by atoms with van der Waals surface area (Å²) in [6, 6.07) is 21.8. The normalized spacial score (nSPS) is 10.9. The summed E-state index contributed by atoms with van der Waals surface area (Å²) in [5, 5.41) is 0. The highest BCUT2D eigenvalue weighted by Gasteiger charge is 2.06. The quantitative estimate of drug-likeness (QED) is 0.510. The third-order valence-corrected chi connectivity index (χ3v) is 3.87. The van der Waals surface area contributed by atoms with Crippen LogP contribution in [0.5, 0.6) is 5.75 Å². The fourth-order valence-corrected chi connectivity index (χ4v) is 2.49. The number of ether oxygens (including phenoxy) is 1. The van der Waals surface area contributed by atoms with Crippen LogP contribution in [0.2, 0.25) is 0 Å². The van der Waals surface area contributed by atoms with Crippen molar-refractivity contribution in [3.63, 3.8) is 0 Å². The maximum absolute atomic E-state index is 6.14. The highest BCUT2D eigenvalue weighted by molar-refractivity contribution is 5.86. The van der Waals surface area contributed by atoms with Gasteiger partial charge < -0.3 is 10.5 Å². The van der Waals surface area contributed by atoms with E-state index in [0.717, 1.165) is 11.1 Å². The Labute approximate surface area is 160 Å². The Morgan fingerprint density at radius 3 is 2.50 bits per heavy atom. The molecule has 4 nitrogen and oxygen atoms in total. The van der Waals surface area contributed by atoms with Gasteiger partial charge in [0, 0.05) is 12.6 Å². The summed E-state index contributed by atoms with van der Waals surface area (Å²) in [6.07, 6.45) is 2.27. The number of benzene rings is 2. The molecule has 0 amide bonds. The SMILES string of the molecule is Cc1ccccc1C/C(N)=N\c1ncccc1OCc1ccccc1.Cl. The van der Waals surface area contributed by atoms with Gasteiger partial charge in [-0.05, 0) is 35.7 Å². The monoisotopic (exact) mass is 367 g/mol. The van der Waals surface area contributed by atoms with Crippen molar-refractivity contribution in [2.24, 2.45) is 10.7 Å². The van der Waals surface area contributed by atoms with Crippen molar-refractivity contribution in [3.05, 3.63) is 89.6 Å². The zero-order valence-electron chi connectivity index (χ0n) is 14.6. The van der Waals surface area contributed by atoms with Gasteiger partial charge in [-0.3, -0.25) is 0 Å². The Balaban J connectivity index is 0.00000243. The molecule has 5 heteroatoms. The summed E-state index contributed by atoms with van der Waals surface area (Å²) in [6.45, 7) is 2.53. The highest BCUT2D eigenvalue weighted by atomic mass is 35.5. The number of nitrogens with two attached hydrogens (primary N) is 1. The van der Waals surface area contributed by atoms with Gasteiger partial charge in [-0.15, -0.1) is 12.4 Å². The second-order valence-electron chi connectivity index (χ2n) is 5.81. The first kappa shape index (κ1) is 19.5. The number of amidine groups is 1. The zero-order valence-corrected chi connectivity index (χ0v) is 15.4. The fraction of sp³-hybridized carbons (Fsp3) is 0.143. The molecule has 0 radical (unpaired) electrons. The highest BCUT2D eigenvalue weighted by Crippen LogP contribution is 2.25. The average Bonchev–Trinajstić information content (AvgIpc) is 2.64. The molecule has 3 aromatic rings. The van der Waals surface area contributed by atoms with E-state index in [1.807, 2.05) is 54.6 Å². The van der Waals surface area contributed by atoms with E-state index in [1.54, 1.807) is 6.20 Å². The van der Waals surface area contributed by atoms with Crippen molar-refractivity contribution in [1.82, 2.24) is 4.98 Å². The lowest BCUT2D eigenvalue weighted by atomic mass is 10.1. The molecule has 0 fully saturated rings. The molecular formula is C21H22ClN3O. The molecule has 0 spiro atoms. The maximum atomic E-state index is 6.14. The van der Waals surface area contributed by atoms with Gasteiger partial charge in [-0.1, -0.05) is 54.6 Å². The fourth-order valence-electron chi connectivity index (χ4n) is 2.49. The molecular weight excluding hydrogens is 346 g/mol. The van der Waals surface area contributed by atoms with Crippen molar-refractivity contribution in [3.8, 4) is 5.75 Å². The van der Waals surface area contributed by atoms with E-state index >= 15 is 0 Å². The lowest BCUT2D eigenvalue weighted by Gasteiger charge is -2.09. The lowest BCUT2D eigenvalue weighted by molar-refractivity contribution is 0.306. The second-order valence-corrected chi connectivity index (χ2v) is 5.81. The Morgan fingerprint density at radius 1 is 1.00 bits per heavy atom. The molecule has 0 saturated heterocycles. The Morgan fingerprint density at radius 2 is 1.73 bits per heavy atom. The van der Waals surface area contributed by atoms with E-state index in [4.69, 9.17) is 10.5 Å². The number of nitrogens with zero attached hydrogens (tertiary/aromatic N) is 2. The zero-order chi connectivity index (χ0) is 17.5. The summed E-state index contributed by atoms with van der Waals surface area (Å²) < 4.78 is 5.87. The molecule has 0 saturated carbocycles. The van der Waals surface area contributed by atoms with Crippen LogP contribution in [-0.2, 0) is 13.0 Å². The topological polar surface area (TPSA) is 60.5 Å². The van der Waals surface area contributed by atoms with E-state index in [-0.39, 0.29) is 12.4 Å². The molecule has 0 bridgehead atoms. The third-order valence-electron chi connectivity index (χ3n) is 3.87. The minimum atomic E-state index is 0. The number of pyridine rings is 1. The third kappa shape index (κ3) is 5.33. The minimum Gasteiger partial charge on any atom is -0.485 e. The van der Waals surface area contributed by atoms with Gasteiger partial charge in [0.1, 0.15) is 12.4 Å². The van der Waals surface area contributed by atoms with Crippen molar-refractivity contribution in [2.75, 3.05) is 0 Å². The van der Waals surface area contributed by atoms with Gasteiger partial charge in [0.15, 0.2) is 11.6 Å². The summed E-state index contributed by atoms with van der Waals surface area (Å²) in [7, 11) is 0. The average molecular weight is 368 g/mol. The van der Waals surface area contributed by atoms with E-state index in [2.05, 4.69) is 29.0 Å². The molecule has 0 unspecified atom stereocenters. The second kappa shape index (κ2) is 9.59. The Bertz CT molecular complexity index is 866. The van der Waals surface area contributed by atoms with Crippen LogP contribution < -0.4 is 10.5 Å². The number of hydrogen-bond acceptors (Lipinski definition) is 3. The van der Waals surface area contributed by atoms with Crippen LogP contribution >= 0.6 is 12.4 Å². The van der Waals surface area contributed by atoms with Crippen LogP contribution in [0.15, 0.2) is 77.9 Å². The number of hydrogen-bond donors (Lipinski definition) is 1. The van der Waals surface area contributed by atoms with Crippen LogP contribution in [0.1, 0.15) is 16.7 Å². The maximum Gasteiger partial charge on any atom is 0.196 e. The summed E-state index contributed by atoms with van der Waals surface area (Å²) in [5.74, 6) is 1.64. The van der Waals surface area contributed by atoms with Gasteiger partial charge >= 0.3 is 0 Å². The first-order chi connectivity index (χ1) is 12.2.